The van der Waals surface area contributed by atoms with Crippen molar-refractivity contribution in [3.63, 3.8) is 0 Å². The molecule has 13 heavy (non-hydrogen) atoms. The van der Waals surface area contributed by atoms with Crippen LogP contribution in [0.25, 0.3) is 0 Å². The van der Waals surface area contributed by atoms with Crippen molar-refractivity contribution < 1.29 is 9.90 Å². The fraction of sp³-hybridized carbons (Fsp3) is 0.727. The van der Waals surface area contributed by atoms with E-state index in [1.54, 1.807) is 6.92 Å². The minimum absolute atomic E-state index is 0.0437. The van der Waals surface area contributed by atoms with Gasteiger partial charge >= 0.3 is 0 Å². The molecule has 0 spiro atoms. The summed E-state index contributed by atoms with van der Waals surface area (Å²) in [5.74, 6) is 0.0437. The highest BCUT2D eigenvalue weighted by atomic mass is 16.3. The molecule has 76 valence electrons. The number of hydrogen-bond donors (Lipinski definition) is 1. The van der Waals surface area contributed by atoms with Crippen molar-refractivity contribution in [2.24, 2.45) is 0 Å². The van der Waals surface area contributed by atoms with E-state index in [-0.39, 0.29) is 12.2 Å². The average Bonchev–Trinajstić information content (AvgIpc) is 1.81. The summed E-state index contributed by atoms with van der Waals surface area (Å²) in [4.78, 5) is 10.8. The van der Waals surface area contributed by atoms with Crippen LogP contribution in [-0.4, -0.2) is 16.5 Å². The molecule has 0 aliphatic carbocycles. The average molecular weight is 184 g/mol. The molecule has 0 amide bonds. The summed E-state index contributed by atoms with van der Waals surface area (Å²) in [7, 11) is 0. The minimum Gasteiger partial charge on any atom is -0.390 e. The summed E-state index contributed by atoms with van der Waals surface area (Å²) < 4.78 is 0. The van der Waals surface area contributed by atoms with Gasteiger partial charge in [-0.3, -0.25) is 4.79 Å². The van der Waals surface area contributed by atoms with E-state index < -0.39 is 5.60 Å². The molecule has 0 aromatic heterocycles. The van der Waals surface area contributed by atoms with Crippen molar-refractivity contribution in [2.75, 3.05) is 0 Å². The van der Waals surface area contributed by atoms with E-state index in [1.807, 2.05) is 13.8 Å². The molecule has 0 aromatic rings. The first-order valence-electron chi connectivity index (χ1n) is 4.69. The molecule has 0 rings (SSSR count). The van der Waals surface area contributed by atoms with Gasteiger partial charge in [-0.15, -0.1) is 0 Å². The molecule has 0 aromatic carbocycles. The number of allylic oxidation sites excluding steroid dienone is 2. The summed E-state index contributed by atoms with van der Waals surface area (Å²) in [5, 5.41) is 9.75. The summed E-state index contributed by atoms with van der Waals surface area (Å²) in [6, 6.07) is 0. The van der Waals surface area contributed by atoms with E-state index in [0.29, 0.717) is 6.42 Å². The second-order valence-corrected chi connectivity index (χ2v) is 4.20. The summed E-state index contributed by atoms with van der Waals surface area (Å²) in [6.45, 7) is 7.28. The molecule has 0 saturated carbocycles. The predicted octanol–water partition coefficient (Wildman–Crippen LogP) is 2.46. The lowest BCUT2D eigenvalue weighted by atomic mass is 9.94. The summed E-state index contributed by atoms with van der Waals surface area (Å²) in [5.41, 5.74) is 0.413. The monoisotopic (exact) mass is 184 g/mol. The predicted molar refractivity (Wildman–Crippen MR) is 54.6 cm³/mol. The van der Waals surface area contributed by atoms with Crippen molar-refractivity contribution in [3.05, 3.63) is 11.6 Å². The Kier molecular flexibility index (Phi) is 4.92. The van der Waals surface area contributed by atoms with Crippen LogP contribution in [0.4, 0.5) is 0 Å². The fourth-order valence-electron chi connectivity index (χ4n) is 1.30. The summed E-state index contributed by atoms with van der Waals surface area (Å²) in [6.07, 6.45) is 3.82. The largest absolute Gasteiger partial charge is 0.390 e. The van der Waals surface area contributed by atoms with Crippen molar-refractivity contribution >= 4 is 5.78 Å². The van der Waals surface area contributed by atoms with E-state index in [1.165, 1.54) is 12.5 Å². The molecule has 0 fully saturated rings. The van der Waals surface area contributed by atoms with Gasteiger partial charge in [-0.1, -0.05) is 11.6 Å². The minimum atomic E-state index is -0.836. The lowest BCUT2D eigenvalue weighted by Gasteiger charge is -2.20. The molecule has 0 radical (unpaired) electrons. The van der Waals surface area contributed by atoms with E-state index in [2.05, 4.69) is 6.08 Å². The van der Waals surface area contributed by atoms with Crippen molar-refractivity contribution in [1.29, 1.82) is 0 Å². The molecule has 0 bridgehead atoms. The van der Waals surface area contributed by atoms with Gasteiger partial charge in [-0.05, 0) is 40.5 Å². The van der Waals surface area contributed by atoms with Crippen LogP contribution >= 0.6 is 0 Å². The molecule has 0 aliphatic rings. The van der Waals surface area contributed by atoms with Crippen LogP contribution in [0.1, 0.15) is 47.0 Å². The first kappa shape index (κ1) is 12.4. The van der Waals surface area contributed by atoms with Crippen molar-refractivity contribution in [3.8, 4) is 0 Å². The number of rotatable bonds is 5. The van der Waals surface area contributed by atoms with E-state index >= 15 is 0 Å². The molecule has 2 nitrogen and oxygen atoms in total. The van der Waals surface area contributed by atoms with Gasteiger partial charge in [0.1, 0.15) is 5.78 Å². The zero-order valence-corrected chi connectivity index (χ0v) is 9.05. The molecular formula is C11H20O2. The van der Waals surface area contributed by atoms with Gasteiger partial charge in [-0.2, -0.15) is 0 Å². The van der Waals surface area contributed by atoms with Gasteiger partial charge in [-0.25, -0.2) is 0 Å². The molecule has 0 saturated heterocycles. The highest BCUT2D eigenvalue weighted by Gasteiger charge is 2.20. The number of ketones is 1. The second-order valence-electron chi connectivity index (χ2n) is 4.20. The zero-order chi connectivity index (χ0) is 10.5. The van der Waals surface area contributed by atoms with E-state index in [0.717, 1.165) is 6.42 Å². The number of carbonyl (C=O) groups excluding carboxylic acids is 1. The first-order chi connectivity index (χ1) is 5.83. The second kappa shape index (κ2) is 5.18. The quantitative estimate of drug-likeness (QED) is 0.666. The van der Waals surface area contributed by atoms with Crippen LogP contribution in [0.3, 0.4) is 0 Å². The number of carbonyl (C=O) groups is 1. The van der Waals surface area contributed by atoms with Crippen LogP contribution in [0.2, 0.25) is 0 Å². The van der Waals surface area contributed by atoms with Crippen LogP contribution in [0.5, 0.6) is 0 Å². The third-order valence-corrected chi connectivity index (χ3v) is 1.87. The maximum Gasteiger partial charge on any atom is 0.132 e. The number of aliphatic hydroxyl groups is 1. The third kappa shape index (κ3) is 7.72. The van der Waals surface area contributed by atoms with Gasteiger partial charge < -0.3 is 5.11 Å². The van der Waals surface area contributed by atoms with E-state index in [4.69, 9.17) is 0 Å². The zero-order valence-electron chi connectivity index (χ0n) is 9.05. The van der Waals surface area contributed by atoms with Gasteiger partial charge in [0.05, 0.1) is 5.60 Å². The smallest absolute Gasteiger partial charge is 0.132 e. The molecule has 0 heterocycles. The Morgan fingerprint density at radius 1 is 1.38 bits per heavy atom. The van der Waals surface area contributed by atoms with Gasteiger partial charge in [0.2, 0.25) is 0 Å². The van der Waals surface area contributed by atoms with Gasteiger partial charge in [0, 0.05) is 6.42 Å². The molecule has 0 aliphatic heterocycles. The third-order valence-electron chi connectivity index (χ3n) is 1.87. The Labute approximate surface area is 80.7 Å². The SMILES string of the molecule is CC(=O)CC(C)(O)CCC=C(C)C. The maximum absolute atomic E-state index is 10.8. The Hall–Kier alpha value is -0.630. The Balaban J connectivity index is 3.89. The molecule has 1 N–H and O–H groups in total. The Morgan fingerprint density at radius 2 is 1.92 bits per heavy atom. The molecular weight excluding hydrogens is 164 g/mol. The Bertz CT molecular complexity index is 198. The fourth-order valence-corrected chi connectivity index (χ4v) is 1.30. The standard InChI is InChI=1S/C11H20O2/c1-9(2)6-5-7-11(4,13)8-10(3)12/h6,13H,5,7-8H2,1-4H3. The van der Waals surface area contributed by atoms with Crippen molar-refractivity contribution in [1.82, 2.24) is 0 Å². The molecule has 1 atom stereocenters. The lowest BCUT2D eigenvalue weighted by molar-refractivity contribution is -0.121. The van der Waals surface area contributed by atoms with Gasteiger partial charge in [0.15, 0.2) is 0 Å². The highest BCUT2D eigenvalue weighted by molar-refractivity contribution is 5.76. The van der Waals surface area contributed by atoms with Crippen LogP contribution < -0.4 is 0 Å². The maximum atomic E-state index is 10.8. The van der Waals surface area contributed by atoms with Crippen molar-refractivity contribution in [2.45, 2.75) is 52.6 Å². The number of hydrogen-bond acceptors (Lipinski definition) is 2. The Morgan fingerprint density at radius 3 is 2.31 bits per heavy atom. The highest BCUT2D eigenvalue weighted by Crippen LogP contribution is 2.17. The van der Waals surface area contributed by atoms with Gasteiger partial charge in [0.25, 0.3) is 0 Å². The van der Waals surface area contributed by atoms with Crippen LogP contribution in [0.15, 0.2) is 11.6 Å². The lowest BCUT2D eigenvalue weighted by Crippen LogP contribution is -2.26. The first-order valence-corrected chi connectivity index (χ1v) is 4.69. The molecule has 1 unspecified atom stereocenters. The molecule has 2 heteroatoms. The normalized spacial score (nSPS) is 14.8. The van der Waals surface area contributed by atoms with Crippen LogP contribution in [0, 0.1) is 0 Å². The number of Topliss-reactive ketones (excluding diaryl/α,β-unsaturated/α-hetero) is 1. The topological polar surface area (TPSA) is 37.3 Å². The van der Waals surface area contributed by atoms with Crippen LogP contribution in [-0.2, 0) is 4.79 Å². The summed E-state index contributed by atoms with van der Waals surface area (Å²) >= 11 is 0. The van der Waals surface area contributed by atoms with E-state index in [9.17, 15) is 9.90 Å².